The van der Waals surface area contributed by atoms with E-state index in [9.17, 15) is 24.0 Å². The van der Waals surface area contributed by atoms with Crippen LogP contribution in [0.3, 0.4) is 0 Å². The Morgan fingerprint density at radius 2 is 1.58 bits per heavy atom. The molecule has 36 heavy (non-hydrogen) atoms. The summed E-state index contributed by atoms with van der Waals surface area (Å²) in [6, 6.07) is 11.7. The minimum Gasteiger partial charge on any atom is -0.467 e. The summed E-state index contributed by atoms with van der Waals surface area (Å²) in [5.41, 5.74) is 1.74. The van der Waals surface area contributed by atoms with Crippen LogP contribution in [-0.2, 0) is 30.3 Å². The van der Waals surface area contributed by atoms with Crippen LogP contribution >= 0.6 is 12.4 Å². The van der Waals surface area contributed by atoms with Crippen molar-refractivity contribution < 1.29 is 28.7 Å². The van der Waals surface area contributed by atoms with Crippen LogP contribution in [0.2, 0.25) is 0 Å². The molecule has 2 aromatic rings. The smallest absolute Gasteiger partial charge is 0.328 e. The Labute approximate surface area is 216 Å². The predicted octanol–water partition coefficient (Wildman–Crippen LogP) is 2.60. The molecular weight excluding hydrogens is 486 g/mol. The van der Waals surface area contributed by atoms with Gasteiger partial charge in [-0.3, -0.25) is 19.2 Å². The third-order valence-electron chi connectivity index (χ3n) is 5.26. The minimum atomic E-state index is -1.09. The molecule has 0 saturated heterocycles. The average Bonchev–Trinajstić information content (AvgIpc) is 2.82. The van der Waals surface area contributed by atoms with Gasteiger partial charge in [0, 0.05) is 13.3 Å². The zero-order valence-electron chi connectivity index (χ0n) is 20.9. The fraction of sp³-hybridized carbons (Fsp3) is 0.346. The van der Waals surface area contributed by atoms with Crippen molar-refractivity contribution in [2.24, 2.45) is 5.92 Å². The molecule has 2 aromatic carbocycles. The van der Waals surface area contributed by atoms with E-state index in [1.807, 2.05) is 30.3 Å². The Kier molecular flexibility index (Phi) is 11.8. The number of hydrogen-bond donors (Lipinski definition) is 3. The van der Waals surface area contributed by atoms with Gasteiger partial charge in [0.05, 0.1) is 18.4 Å². The Balaban J connectivity index is 0.00000648. The number of halogens is 1. The van der Waals surface area contributed by atoms with Crippen LogP contribution in [0.4, 0.5) is 5.69 Å². The normalized spacial score (nSPS) is 11.9. The molecule has 3 N–H and O–H groups in total. The highest BCUT2D eigenvalue weighted by atomic mass is 35.5. The van der Waals surface area contributed by atoms with E-state index in [0.717, 1.165) is 11.1 Å². The van der Waals surface area contributed by atoms with Crippen molar-refractivity contribution in [2.45, 2.75) is 46.2 Å². The zero-order chi connectivity index (χ0) is 26.1. The van der Waals surface area contributed by atoms with E-state index in [1.54, 1.807) is 26.8 Å². The second-order valence-corrected chi connectivity index (χ2v) is 8.53. The van der Waals surface area contributed by atoms with E-state index in [-0.39, 0.29) is 30.1 Å². The van der Waals surface area contributed by atoms with E-state index in [4.69, 9.17) is 4.74 Å². The predicted molar refractivity (Wildman–Crippen MR) is 138 cm³/mol. The number of carbonyl (C=O) groups is 5. The quantitative estimate of drug-likeness (QED) is 0.252. The lowest BCUT2D eigenvalue weighted by Crippen LogP contribution is -2.55. The molecule has 0 aliphatic rings. The summed E-state index contributed by atoms with van der Waals surface area (Å²) in [5.74, 6) is -3.95. The highest BCUT2D eigenvalue weighted by Gasteiger charge is 2.31. The first kappa shape index (κ1) is 30.3. The summed E-state index contributed by atoms with van der Waals surface area (Å²) >= 11 is 0. The van der Waals surface area contributed by atoms with E-state index in [2.05, 4.69) is 16.0 Å². The van der Waals surface area contributed by atoms with Gasteiger partial charge in [-0.15, -0.1) is 12.4 Å². The first-order valence-electron chi connectivity index (χ1n) is 11.2. The second kappa shape index (κ2) is 14.0. The molecule has 0 unspecified atom stereocenters. The molecule has 0 bridgehead atoms. The van der Waals surface area contributed by atoms with Gasteiger partial charge in [0.1, 0.15) is 12.1 Å². The van der Waals surface area contributed by atoms with Crippen LogP contribution in [0.1, 0.15) is 42.3 Å². The van der Waals surface area contributed by atoms with Crippen molar-refractivity contribution in [1.29, 1.82) is 0 Å². The lowest BCUT2D eigenvalue weighted by molar-refractivity contribution is -0.145. The monoisotopic (exact) mass is 517 g/mol. The molecule has 0 saturated carbocycles. The van der Waals surface area contributed by atoms with Crippen molar-refractivity contribution >= 4 is 47.6 Å². The number of amides is 3. The molecule has 2 rings (SSSR count). The number of rotatable bonds is 10. The van der Waals surface area contributed by atoms with Gasteiger partial charge in [0.15, 0.2) is 0 Å². The number of hydrogen-bond acceptors (Lipinski definition) is 6. The molecule has 0 spiro atoms. The number of benzene rings is 2. The number of Topliss-reactive ketones (excluding diaryl/α,β-unsaturated/α-hetero) is 1. The van der Waals surface area contributed by atoms with E-state index < -0.39 is 47.5 Å². The molecule has 3 amide bonds. The molecule has 9 nitrogen and oxygen atoms in total. The van der Waals surface area contributed by atoms with Gasteiger partial charge in [0.25, 0.3) is 11.7 Å². The fourth-order valence-electron chi connectivity index (χ4n) is 3.46. The molecule has 0 aliphatic heterocycles. The SMILES string of the molecule is COC(=O)[C@@H](Cc1ccccc1)NC(=O)[C@@H](NC(=O)C(=O)c1cc(C)ccc1NC(C)=O)C(C)C.Cl. The van der Waals surface area contributed by atoms with Gasteiger partial charge >= 0.3 is 5.97 Å². The summed E-state index contributed by atoms with van der Waals surface area (Å²) in [7, 11) is 1.22. The lowest BCUT2D eigenvalue weighted by Gasteiger charge is -2.24. The zero-order valence-corrected chi connectivity index (χ0v) is 21.7. The topological polar surface area (TPSA) is 131 Å². The summed E-state index contributed by atoms with van der Waals surface area (Å²) < 4.78 is 4.83. The number of anilines is 1. The molecule has 10 heteroatoms. The summed E-state index contributed by atoms with van der Waals surface area (Å²) in [5, 5.41) is 7.64. The van der Waals surface area contributed by atoms with Crippen LogP contribution in [0, 0.1) is 12.8 Å². The van der Waals surface area contributed by atoms with E-state index in [0.29, 0.717) is 0 Å². The Morgan fingerprint density at radius 1 is 0.944 bits per heavy atom. The maximum absolute atomic E-state index is 13.1. The first-order chi connectivity index (χ1) is 16.5. The number of ether oxygens (including phenoxy) is 1. The molecule has 0 heterocycles. The van der Waals surface area contributed by atoms with Crippen molar-refractivity contribution in [3.05, 3.63) is 65.2 Å². The number of ketones is 1. The number of nitrogens with one attached hydrogen (secondary N) is 3. The number of aryl methyl sites for hydroxylation is 1. The number of methoxy groups -OCH3 is 1. The van der Waals surface area contributed by atoms with Gasteiger partial charge in [-0.05, 0) is 30.5 Å². The van der Waals surface area contributed by atoms with Crippen molar-refractivity contribution in [2.75, 3.05) is 12.4 Å². The van der Waals surface area contributed by atoms with Crippen LogP contribution in [0.5, 0.6) is 0 Å². The minimum absolute atomic E-state index is 0. The highest BCUT2D eigenvalue weighted by molar-refractivity contribution is 6.44. The van der Waals surface area contributed by atoms with E-state index >= 15 is 0 Å². The third-order valence-corrected chi connectivity index (χ3v) is 5.26. The first-order valence-corrected chi connectivity index (χ1v) is 11.2. The third kappa shape index (κ3) is 8.49. The van der Waals surface area contributed by atoms with Crippen molar-refractivity contribution in [1.82, 2.24) is 10.6 Å². The van der Waals surface area contributed by atoms with Crippen LogP contribution in [0.25, 0.3) is 0 Å². The largest absolute Gasteiger partial charge is 0.467 e. The standard InChI is InChI=1S/C26H31N3O6.ClH/c1-15(2)22(24(32)28-21(26(34)35-5)14-18-9-7-6-8-10-18)29-25(33)23(31)19-13-16(3)11-12-20(19)27-17(4)30;/h6-13,15,21-22H,14H2,1-5H3,(H,27,30)(H,28,32)(H,29,33);1H/t21-,22+;/m1./s1. The van der Waals surface area contributed by atoms with Gasteiger partial charge < -0.3 is 20.7 Å². The summed E-state index contributed by atoms with van der Waals surface area (Å²) in [6.07, 6.45) is 0.195. The highest BCUT2D eigenvalue weighted by Crippen LogP contribution is 2.19. The second-order valence-electron chi connectivity index (χ2n) is 8.53. The lowest BCUT2D eigenvalue weighted by atomic mass is 10.00. The summed E-state index contributed by atoms with van der Waals surface area (Å²) in [4.78, 5) is 62.6. The van der Waals surface area contributed by atoms with Gasteiger partial charge in [-0.25, -0.2) is 4.79 Å². The fourth-order valence-corrected chi connectivity index (χ4v) is 3.46. The Bertz CT molecular complexity index is 1100. The van der Waals surface area contributed by atoms with Crippen molar-refractivity contribution in [3.8, 4) is 0 Å². The molecule has 194 valence electrons. The van der Waals surface area contributed by atoms with Gasteiger partial charge in [-0.2, -0.15) is 0 Å². The molecule has 0 aromatic heterocycles. The molecule has 0 radical (unpaired) electrons. The summed E-state index contributed by atoms with van der Waals surface area (Å²) in [6.45, 7) is 6.44. The molecule has 0 aliphatic carbocycles. The van der Waals surface area contributed by atoms with Gasteiger partial charge in [-0.1, -0.05) is 55.8 Å². The maximum atomic E-state index is 13.1. The van der Waals surface area contributed by atoms with Crippen LogP contribution < -0.4 is 16.0 Å². The molecule has 2 atom stereocenters. The van der Waals surface area contributed by atoms with Crippen molar-refractivity contribution in [3.63, 3.8) is 0 Å². The average molecular weight is 518 g/mol. The van der Waals surface area contributed by atoms with E-state index in [1.165, 1.54) is 26.2 Å². The molecular formula is C26H32ClN3O6. The van der Waals surface area contributed by atoms with Crippen LogP contribution in [0.15, 0.2) is 48.5 Å². The van der Waals surface area contributed by atoms with Gasteiger partial charge in [0.2, 0.25) is 11.8 Å². The molecule has 0 fully saturated rings. The Morgan fingerprint density at radius 3 is 2.14 bits per heavy atom. The number of esters is 1. The van der Waals surface area contributed by atoms with Crippen LogP contribution in [-0.4, -0.2) is 48.7 Å². The number of carbonyl (C=O) groups excluding carboxylic acids is 5. The Hall–Kier alpha value is -3.72. The maximum Gasteiger partial charge on any atom is 0.328 e.